The van der Waals surface area contributed by atoms with Gasteiger partial charge in [-0.1, -0.05) is 15.9 Å². The molecule has 0 amide bonds. The maximum absolute atomic E-state index is 13.8. The van der Waals surface area contributed by atoms with Crippen molar-refractivity contribution in [3.8, 4) is 5.75 Å². The lowest BCUT2D eigenvalue weighted by Crippen LogP contribution is -2.31. The van der Waals surface area contributed by atoms with Crippen LogP contribution >= 0.6 is 15.9 Å². The Kier molecular flexibility index (Phi) is 5.52. The lowest BCUT2D eigenvalue weighted by atomic mass is 10.0. The molecule has 3 rings (SSSR count). The second kappa shape index (κ2) is 7.85. The maximum atomic E-state index is 13.8. The van der Waals surface area contributed by atoms with Crippen molar-refractivity contribution < 1.29 is 23.8 Å². The van der Waals surface area contributed by atoms with Crippen molar-refractivity contribution in [1.29, 1.82) is 0 Å². The molecule has 1 aromatic heterocycles. The number of carboxylic acids is 1. The summed E-state index contributed by atoms with van der Waals surface area (Å²) in [6.45, 7) is -0.164. The van der Waals surface area contributed by atoms with Gasteiger partial charge in [-0.25, -0.2) is 14.2 Å². The monoisotopic (exact) mass is 436 g/mol. The molecule has 0 bridgehead atoms. The first-order valence-electron chi connectivity index (χ1n) is 7.72. The van der Waals surface area contributed by atoms with E-state index in [1.165, 1.54) is 13.2 Å². The molecule has 0 aliphatic rings. The van der Waals surface area contributed by atoms with Crippen LogP contribution in [0.2, 0.25) is 0 Å². The van der Waals surface area contributed by atoms with Crippen molar-refractivity contribution in [2.24, 2.45) is 0 Å². The SMILES string of the molecule is COCOc1ccc(F)cc1C(C(=O)O)n1cnc2ccc(Br)cc2c1=O. The number of methoxy groups -OCH3 is 1. The Bertz CT molecular complexity index is 1070. The molecular weight excluding hydrogens is 423 g/mol. The predicted molar refractivity (Wildman–Crippen MR) is 98.4 cm³/mol. The number of nitrogens with zero attached hydrogens (tertiary/aromatic N) is 2. The molecule has 0 aliphatic carbocycles. The van der Waals surface area contributed by atoms with E-state index in [0.717, 1.165) is 23.0 Å². The summed E-state index contributed by atoms with van der Waals surface area (Å²) in [4.78, 5) is 29.0. The molecule has 0 spiro atoms. The van der Waals surface area contributed by atoms with E-state index in [9.17, 15) is 19.1 Å². The van der Waals surface area contributed by atoms with Gasteiger partial charge in [0.05, 0.1) is 17.2 Å². The number of hydrogen-bond acceptors (Lipinski definition) is 5. The molecule has 27 heavy (non-hydrogen) atoms. The number of carbonyl (C=O) groups is 1. The first-order valence-corrected chi connectivity index (χ1v) is 8.52. The van der Waals surface area contributed by atoms with E-state index in [1.54, 1.807) is 18.2 Å². The third-order valence-corrected chi connectivity index (χ3v) is 4.35. The van der Waals surface area contributed by atoms with E-state index in [1.807, 2.05) is 0 Å². The molecule has 7 nitrogen and oxygen atoms in total. The summed E-state index contributed by atoms with van der Waals surface area (Å²) >= 11 is 3.28. The minimum Gasteiger partial charge on any atom is -0.479 e. The first-order chi connectivity index (χ1) is 12.9. The number of benzene rings is 2. The van der Waals surface area contributed by atoms with Gasteiger partial charge < -0.3 is 14.6 Å². The standard InChI is InChI=1S/C18H14BrFN2O5/c1-26-9-27-15-5-3-11(20)7-13(15)16(18(24)25)22-8-21-14-4-2-10(19)6-12(14)17(22)23/h2-8,16H,9H2,1H3,(H,24,25). The third-order valence-electron chi connectivity index (χ3n) is 3.86. The zero-order valence-corrected chi connectivity index (χ0v) is 15.6. The van der Waals surface area contributed by atoms with Crippen LogP contribution in [0.4, 0.5) is 4.39 Å². The Balaban J connectivity index is 2.22. The van der Waals surface area contributed by atoms with E-state index < -0.39 is 23.4 Å². The molecule has 1 unspecified atom stereocenters. The van der Waals surface area contributed by atoms with E-state index >= 15 is 0 Å². The van der Waals surface area contributed by atoms with E-state index in [4.69, 9.17) is 9.47 Å². The first kappa shape index (κ1) is 19.0. The molecule has 9 heteroatoms. The van der Waals surface area contributed by atoms with Gasteiger partial charge in [0.15, 0.2) is 12.8 Å². The molecule has 1 heterocycles. The van der Waals surface area contributed by atoms with Crippen molar-refractivity contribution >= 4 is 32.8 Å². The van der Waals surface area contributed by atoms with Crippen LogP contribution in [0.3, 0.4) is 0 Å². The number of aromatic nitrogens is 2. The number of aliphatic carboxylic acids is 1. The zero-order chi connectivity index (χ0) is 19.6. The van der Waals surface area contributed by atoms with Crippen molar-refractivity contribution in [2.45, 2.75) is 6.04 Å². The highest BCUT2D eigenvalue weighted by Crippen LogP contribution is 2.29. The molecule has 0 saturated heterocycles. The average molecular weight is 437 g/mol. The second-order valence-electron chi connectivity index (χ2n) is 5.59. The number of ether oxygens (including phenoxy) is 2. The average Bonchev–Trinajstić information content (AvgIpc) is 2.63. The zero-order valence-electron chi connectivity index (χ0n) is 14.1. The van der Waals surface area contributed by atoms with Crippen molar-refractivity contribution in [1.82, 2.24) is 9.55 Å². The van der Waals surface area contributed by atoms with Gasteiger partial charge in [0.25, 0.3) is 5.56 Å². The van der Waals surface area contributed by atoms with Crippen molar-refractivity contribution in [3.05, 3.63) is 68.9 Å². The van der Waals surface area contributed by atoms with Crippen molar-refractivity contribution in [3.63, 3.8) is 0 Å². The number of carboxylic acid groups (broad SMARTS) is 1. The molecule has 0 saturated carbocycles. The molecule has 1 N–H and O–H groups in total. The molecule has 0 radical (unpaired) electrons. The fourth-order valence-corrected chi connectivity index (χ4v) is 3.04. The van der Waals surface area contributed by atoms with Crippen LogP contribution in [0.5, 0.6) is 5.75 Å². The quantitative estimate of drug-likeness (QED) is 0.597. The lowest BCUT2D eigenvalue weighted by Gasteiger charge is -2.19. The molecule has 0 aliphatic heterocycles. The van der Waals surface area contributed by atoms with Gasteiger partial charge >= 0.3 is 5.97 Å². The van der Waals surface area contributed by atoms with Crippen LogP contribution in [0, 0.1) is 5.82 Å². The summed E-state index contributed by atoms with van der Waals surface area (Å²) in [5.74, 6) is -1.93. The van der Waals surface area contributed by atoms with Gasteiger partial charge in [0.1, 0.15) is 11.6 Å². The number of halogens is 2. The number of rotatable bonds is 6. The molecule has 0 fully saturated rings. The maximum Gasteiger partial charge on any atom is 0.331 e. The number of hydrogen-bond donors (Lipinski definition) is 1. The summed E-state index contributed by atoms with van der Waals surface area (Å²) in [6, 6.07) is 6.81. The highest BCUT2D eigenvalue weighted by molar-refractivity contribution is 9.10. The Morgan fingerprint density at radius 2 is 2.11 bits per heavy atom. The van der Waals surface area contributed by atoms with Crippen LogP contribution in [-0.2, 0) is 9.53 Å². The Morgan fingerprint density at radius 3 is 2.81 bits per heavy atom. The third kappa shape index (κ3) is 3.83. The summed E-state index contributed by atoms with van der Waals surface area (Å²) in [7, 11) is 1.40. The second-order valence-corrected chi connectivity index (χ2v) is 6.51. The summed E-state index contributed by atoms with van der Waals surface area (Å²) < 4.78 is 25.6. The van der Waals surface area contributed by atoms with Gasteiger partial charge in [0.2, 0.25) is 0 Å². The molecule has 1 atom stereocenters. The molecule has 140 valence electrons. The Labute approximate surface area is 161 Å². The van der Waals surface area contributed by atoms with Crippen LogP contribution in [-0.4, -0.2) is 34.5 Å². The minimum absolute atomic E-state index is 0.0298. The van der Waals surface area contributed by atoms with E-state index in [-0.39, 0.29) is 23.5 Å². The van der Waals surface area contributed by atoms with Gasteiger partial charge in [-0.2, -0.15) is 0 Å². The Morgan fingerprint density at radius 1 is 1.33 bits per heavy atom. The minimum atomic E-state index is -1.53. The normalized spacial score (nSPS) is 12.1. The van der Waals surface area contributed by atoms with Crippen molar-refractivity contribution in [2.75, 3.05) is 13.9 Å². The van der Waals surface area contributed by atoms with Gasteiger partial charge in [0, 0.05) is 17.1 Å². The Hall–Kier alpha value is -2.78. The summed E-state index contributed by atoms with van der Waals surface area (Å²) in [6.07, 6.45) is 1.13. The fraction of sp³-hybridized carbons (Fsp3) is 0.167. The van der Waals surface area contributed by atoms with Gasteiger partial charge in [-0.15, -0.1) is 0 Å². The van der Waals surface area contributed by atoms with Gasteiger partial charge in [-0.05, 0) is 36.4 Å². The van der Waals surface area contributed by atoms with E-state index in [0.29, 0.717) is 9.99 Å². The molecular formula is C18H14BrFN2O5. The largest absolute Gasteiger partial charge is 0.479 e. The van der Waals surface area contributed by atoms with Crippen LogP contribution in [0.25, 0.3) is 10.9 Å². The highest BCUT2D eigenvalue weighted by Gasteiger charge is 2.28. The van der Waals surface area contributed by atoms with Gasteiger partial charge in [-0.3, -0.25) is 9.36 Å². The van der Waals surface area contributed by atoms with Crippen LogP contribution < -0.4 is 10.3 Å². The highest BCUT2D eigenvalue weighted by atomic mass is 79.9. The van der Waals surface area contributed by atoms with Crippen LogP contribution in [0.1, 0.15) is 11.6 Å². The van der Waals surface area contributed by atoms with E-state index in [2.05, 4.69) is 20.9 Å². The summed E-state index contributed by atoms with van der Waals surface area (Å²) in [5, 5.41) is 10.00. The topological polar surface area (TPSA) is 90.7 Å². The molecule has 3 aromatic rings. The number of fused-ring (bicyclic) bond motifs is 1. The lowest BCUT2D eigenvalue weighted by molar-refractivity contribution is -0.139. The smallest absolute Gasteiger partial charge is 0.331 e. The molecule has 2 aromatic carbocycles. The van der Waals surface area contributed by atoms with Crippen LogP contribution in [0.15, 0.2) is 52.0 Å². The summed E-state index contributed by atoms with van der Waals surface area (Å²) in [5.41, 5.74) is -0.188. The predicted octanol–water partition coefficient (Wildman–Crippen LogP) is 2.95. The fourth-order valence-electron chi connectivity index (χ4n) is 2.68.